The van der Waals surface area contributed by atoms with E-state index in [1.165, 1.54) is 0 Å². The van der Waals surface area contributed by atoms with Crippen LogP contribution in [0.2, 0.25) is 0 Å². The lowest BCUT2D eigenvalue weighted by atomic mass is 10.2. The van der Waals surface area contributed by atoms with E-state index in [9.17, 15) is 9.59 Å². The molecule has 1 aromatic carbocycles. The van der Waals surface area contributed by atoms with Crippen LogP contribution >= 0.6 is 11.8 Å². The summed E-state index contributed by atoms with van der Waals surface area (Å²) in [6, 6.07) is 7.61. The molecule has 0 radical (unpaired) electrons. The van der Waals surface area contributed by atoms with Crippen LogP contribution in [-0.2, 0) is 4.79 Å². The zero-order chi connectivity index (χ0) is 13.5. The average molecular weight is 265 g/mol. The second kappa shape index (κ2) is 7.21. The lowest BCUT2D eigenvalue weighted by Gasteiger charge is -2.09. The topological polar surface area (TPSA) is 37.4 Å². The van der Waals surface area contributed by atoms with Gasteiger partial charge in [0, 0.05) is 31.0 Å². The van der Waals surface area contributed by atoms with E-state index in [-0.39, 0.29) is 11.7 Å². The van der Waals surface area contributed by atoms with Gasteiger partial charge in [0.05, 0.1) is 0 Å². The molecule has 0 fully saturated rings. The number of hydrogen-bond acceptors (Lipinski definition) is 3. The SMILES string of the molecule is CC(=O)c1cccc(SCCCC(=O)N(C)C)c1. The first-order chi connectivity index (χ1) is 8.50. The highest BCUT2D eigenvalue weighted by Crippen LogP contribution is 2.20. The van der Waals surface area contributed by atoms with Crippen LogP contribution < -0.4 is 0 Å². The van der Waals surface area contributed by atoms with Crippen molar-refractivity contribution in [2.45, 2.75) is 24.7 Å². The molecule has 0 aliphatic carbocycles. The van der Waals surface area contributed by atoms with Crippen LogP contribution in [0.3, 0.4) is 0 Å². The van der Waals surface area contributed by atoms with Crippen LogP contribution in [0.5, 0.6) is 0 Å². The summed E-state index contributed by atoms with van der Waals surface area (Å²) < 4.78 is 0. The molecule has 0 N–H and O–H groups in total. The highest BCUT2D eigenvalue weighted by molar-refractivity contribution is 7.99. The van der Waals surface area contributed by atoms with Crippen LogP contribution in [0, 0.1) is 0 Å². The Balaban J connectivity index is 2.38. The molecule has 0 saturated heterocycles. The summed E-state index contributed by atoms with van der Waals surface area (Å²) in [7, 11) is 3.54. The number of thioether (sulfide) groups is 1. The molecule has 1 amide bonds. The Labute approximate surface area is 113 Å². The molecule has 98 valence electrons. The second-order valence-electron chi connectivity index (χ2n) is 4.32. The first-order valence-electron chi connectivity index (χ1n) is 5.94. The van der Waals surface area contributed by atoms with Crippen LogP contribution in [0.4, 0.5) is 0 Å². The van der Waals surface area contributed by atoms with Crippen molar-refractivity contribution in [1.29, 1.82) is 0 Å². The quantitative estimate of drug-likeness (QED) is 0.451. The molecular formula is C14H19NO2S. The fourth-order valence-corrected chi connectivity index (χ4v) is 2.35. The molecule has 0 aromatic heterocycles. The van der Waals surface area contributed by atoms with E-state index in [0.717, 1.165) is 22.6 Å². The van der Waals surface area contributed by atoms with Gasteiger partial charge in [-0.25, -0.2) is 0 Å². The Bertz CT molecular complexity index is 430. The van der Waals surface area contributed by atoms with Gasteiger partial charge in [-0.15, -0.1) is 11.8 Å². The van der Waals surface area contributed by atoms with Gasteiger partial charge >= 0.3 is 0 Å². The number of hydrogen-bond donors (Lipinski definition) is 0. The predicted molar refractivity (Wildman–Crippen MR) is 75.1 cm³/mol. The number of benzene rings is 1. The maximum absolute atomic E-state index is 11.4. The normalized spacial score (nSPS) is 10.2. The number of amides is 1. The first-order valence-corrected chi connectivity index (χ1v) is 6.93. The standard InChI is InChI=1S/C14H19NO2S/c1-11(16)12-6-4-7-13(10-12)18-9-5-8-14(17)15(2)3/h4,6-7,10H,5,8-9H2,1-3H3. The molecule has 0 spiro atoms. The third-order valence-electron chi connectivity index (χ3n) is 2.54. The molecule has 4 heteroatoms. The molecule has 0 saturated carbocycles. The van der Waals surface area contributed by atoms with Gasteiger partial charge in [0.1, 0.15) is 0 Å². The zero-order valence-corrected chi connectivity index (χ0v) is 11.9. The van der Waals surface area contributed by atoms with Gasteiger partial charge in [0.2, 0.25) is 5.91 Å². The summed E-state index contributed by atoms with van der Waals surface area (Å²) in [6.07, 6.45) is 1.43. The van der Waals surface area contributed by atoms with Crippen molar-refractivity contribution in [3.8, 4) is 0 Å². The molecule has 0 aliphatic heterocycles. The van der Waals surface area contributed by atoms with Crippen molar-refractivity contribution in [3.05, 3.63) is 29.8 Å². The van der Waals surface area contributed by atoms with E-state index >= 15 is 0 Å². The molecular weight excluding hydrogens is 246 g/mol. The van der Waals surface area contributed by atoms with E-state index in [1.54, 1.807) is 37.7 Å². The van der Waals surface area contributed by atoms with Crippen molar-refractivity contribution >= 4 is 23.5 Å². The summed E-state index contributed by atoms with van der Waals surface area (Å²) in [5.74, 6) is 1.13. The van der Waals surface area contributed by atoms with Gasteiger partial charge in [-0.3, -0.25) is 9.59 Å². The Morgan fingerprint density at radius 2 is 2.00 bits per heavy atom. The predicted octanol–water partition coefficient (Wildman–Crippen LogP) is 2.85. The molecule has 0 heterocycles. The summed E-state index contributed by atoms with van der Waals surface area (Å²) in [4.78, 5) is 25.3. The number of Topliss-reactive ketones (excluding diaryl/α,β-unsaturated/α-hetero) is 1. The molecule has 18 heavy (non-hydrogen) atoms. The van der Waals surface area contributed by atoms with Crippen molar-refractivity contribution in [2.24, 2.45) is 0 Å². The summed E-state index contributed by atoms with van der Waals surface area (Å²) in [5, 5.41) is 0. The maximum Gasteiger partial charge on any atom is 0.222 e. The van der Waals surface area contributed by atoms with E-state index < -0.39 is 0 Å². The molecule has 0 aliphatic rings. The molecule has 0 atom stereocenters. The summed E-state index contributed by atoms with van der Waals surface area (Å²) in [5.41, 5.74) is 0.740. The molecule has 1 aromatic rings. The highest BCUT2D eigenvalue weighted by atomic mass is 32.2. The molecule has 0 bridgehead atoms. The second-order valence-corrected chi connectivity index (χ2v) is 5.49. The van der Waals surface area contributed by atoms with Crippen molar-refractivity contribution < 1.29 is 9.59 Å². The lowest BCUT2D eigenvalue weighted by Crippen LogP contribution is -2.21. The van der Waals surface area contributed by atoms with Gasteiger partial charge in [-0.05, 0) is 31.2 Å². The fraction of sp³-hybridized carbons (Fsp3) is 0.429. The smallest absolute Gasteiger partial charge is 0.222 e. The minimum atomic E-state index is 0.0836. The van der Waals surface area contributed by atoms with E-state index in [2.05, 4.69) is 0 Å². The van der Waals surface area contributed by atoms with Crippen molar-refractivity contribution in [2.75, 3.05) is 19.8 Å². The Kier molecular flexibility index (Phi) is 5.92. The third-order valence-corrected chi connectivity index (χ3v) is 3.62. The number of carbonyl (C=O) groups excluding carboxylic acids is 2. The average Bonchev–Trinajstić information content (AvgIpc) is 2.34. The number of carbonyl (C=O) groups is 2. The number of rotatable bonds is 6. The molecule has 1 rings (SSSR count). The van der Waals surface area contributed by atoms with E-state index in [1.807, 2.05) is 24.3 Å². The van der Waals surface area contributed by atoms with Crippen molar-refractivity contribution in [1.82, 2.24) is 4.90 Å². The van der Waals surface area contributed by atoms with Crippen LogP contribution in [-0.4, -0.2) is 36.4 Å². The molecule has 3 nitrogen and oxygen atoms in total. The monoisotopic (exact) mass is 265 g/mol. The van der Waals surface area contributed by atoms with Crippen molar-refractivity contribution in [3.63, 3.8) is 0 Å². The Hall–Kier alpha value is -1.29. The minimum Gasteiger partial charge on any atom is -0.349 e. The zero-order valence-electron chi connectivity index (χ0n) is 11.1. The summed E-state index contributed by atoms with van der Waals surface area (Å²) in [6.45, 7) is 1.57. The largest absolute Gasteiger partial charge is 0.349 e. The van der Waals surface area contributed by atoms with Gasteiger partial charge in [0.15, 0.2) is 5.78 Å². The Morgan fingerprint density at radius 1 is 1.28 bits per heavy atom. The van der Waals surface area contributed by atoms with E-state index in [4.69, 9.17) is 0 Å². The lowest BCUT2D eigenvalue weighted by molar-refractivity contribution is -0.128. The van der Waals surface area contributed by atoms with E-state index in [0.29, 0.717) is 6.42 Å². The minimum absolute atomic E-state index is 0.0836. The van der Waals surface area contributed by atoms with Gasteiger partial charge < -0.3 is 4.90 Å². The summed E-state index contributed by atoms with van der Waals surface area (Å²) >= 11 is 1.68. The Morgan fingerprint density at radius 3 is 2.61 bits per heavy atom. The number of ketones is 1. The maximum atomic E-state index is 11.4. The van der Waals surface area contributed by atoms with Crippen LogP contribution in [0.15, 0.2) is 29.2 Å². The number of nitrogens with zero attached hydrogens (tertiary/aromatic N) is 1. The van der Waals surface area contributed by atoms with Gasteiger partial charge in [-0.2, -0.15) is 0 Å². The van der Waals surface area contributed by atoms with Gasteiger partial charge in [0.25, 0.3) is 0 Å². The fourth-order valence-electron chi connectivity index (χ4n) is 1.44. The van der Waals surface area contributed by atoms with Crippen LogP contribution in [0.1, 0.15) is 30.1 Å². The first kappa shape index (κ1) is 14.8. The van der Waals surface area contributed by atoms with Gasteiger partial charge in [-0.1, -0.05) is 12.1 Å². The molecule has 0 unspecified atom stereocenters. The third kappa shape index (κ3) is 4.92. The highest BCUT2D eigenvalue weighted by Gasteiger charge is 2.04. The van der Waals surface area contributed by atoms with Crippen LogP contribution in [0.25, 0.3) is 0 Å².